The quantitative estimate of drug-likeness (QED) is 0.666. The molecule has 4 nitrogen and oxygen atoms in total. The number of carbonyl (C=O) groups excluding carboxylic acids is 1. The Morgan fingerprint density at radius 3 is 2.37 bits per heavy atom. The van der Waals surface area contributed by atoms with E-state index in [0.717, 1.165) is 16.9 Å². The summed E-state index contributed by atoms with van der Waals surface area (Å²) in [5.41, 5.74) is 2.34. The van der Waals surface area contributed by atoms with Crippen molar-refractivity contribution in [2.75, 3.05) is 5.32 Å². The number of nitrogens with one attached hydrogen (secondary N) is 1. The van der Waals surface area contributed by atoms with Crippen LogP contribution in [0.3, 0.4) is 0 Å². The highest BCUT2D eigenvalue weighted by atomic mass is 19.1. The molecule has 0 radical (unpaired) electrons. The second-order valence-electron chi connectivity index (χ2n) is 7.29. The van der Waals surface area contributed by atoms with E-state index in [1.165, 1.54) is 18.2 Å². The maximum Gasteiger partial charge on any atom is 0.249 e. The van der Waals surface area contributed by atoms with Crippen molar-refractivity contribution in [3.8, 4) is 5.69 Å². The third kappa shape index (κ3) is 4.70. The van der Waals surface area contributed by atoms with Gasteiger partial charge in [-0.1, -0.05) is 51.1 Å². The van der Waals surface area contributed by atoms with E-state index in [2.05, 4.69) is 31.2 Å². The molecule has 0 aliphatic rings. The molecular formula is C22H22FN3O. The molecule has 0 atom stereocenters. The van der Waals surface area contributed by atoms with E-state index >= 15 is 0 Å². The number of benzene rings is 2. The number of amides is 1. The normalized spacial score (nSPS) is 11.7. The molecule has 0 saturated carbocycles. The first-order valence-corrected chi connectivity index (χ1v) is 8.73. The molecule has 1 heterocycles. The van der Waals surface area contributed by atoms with Crippen LogP contribution in [0.25, 0.3) is 11.8 Å². The van der Waals surface area contributed by atoms with E-state index in [1.54, 1.807) is 22.9 Å². The van der Waals surface area contributed by atoms with Crippen LogP contribution in [0, 0.1) is 5.82 Å². The van der Waals surface area contributed by atoms with Gasteiger partial charge >= 0.3 is 0 Å². The Morgan fingerprint density at radius 2 is 1.74 bits per heavy atom. The molecule has 1 N–H and O–H groups in total. The van der Waals surface area contributed by atoms with Gasteiger partial charge in [0.2, 0.25) is 5.91 Å². The predicted octanol–water partition coefficient (Wildman–Crippen LogP) is 4.96. The van der Waals surface area contributed by atoms with Crippen LogP contribution in [0.5, 0.6) is 0 Å². The van der Waals surface area contributed by atoms with Crippen LogP contribution in [-0.2, 0) is 10.2 Å². The number of anilines is 1. The molecule has 5 heteroatoms. The number of nitrogens with zero attached hydrogens (tertiary/aromatic N) is 2. The van der Waals surface area contributed by atoms with Crippen molar-refractivity contribution in [1.29, 1.82) is 0 Å². The third-order valence-electron chi connectivity index (χ3n) is 4.03. The van der Waals surface area contributed by atoms with Crippen molar-refractivity contribution in [1.82, 2.24) is 9.78 Å². The molecule has 0 bridgehead atoms. The van der Waals surface area contributed by atoms with E-state index in [-0.39, 0.29) is 17.1 Å². The van der Waals surface area contributed by atoms with Gasteiger partial charge in [0.1, 0.15) is 11.6 Å². The molecule has 0 fully saturated rings. The Bertz CT molecular complexity index is 951. The van der Waals surface area contributed by atoms with Gasteiger partial charge < -0.3 is 5.32 Å². The molecule has 1 aromatic heterocycles. The monoisotopic (exact) mass is 363 g/mol. The third-order valence-corrected chi connectivity index (χ3v) is 4.03. The molecule has 0 aliphatic carbocycles. The van der Waals surface area contributed by atoms with Gasteiger partial charge in [-0.25, -0.2) is 9.07 Å². The summed E-state index contributed by atoms with van der Waals surface area (Å²) in [4.78, 5) is 12.4. The average Bonchev–Trinajstić information content (AvgIpc) is 3.06. The van der Waals surface area contributed by atoms with Crippen LogP contribution in [0.2, 0.25) is 0 Å². The topological polar surface area (TPSA) is 46.9 Å². The molecule has 138 valence electrons. The molecule has 0 saturated heterocycles. The minimum absolute atomic E-state index is 0.149. The Balaban J connectivity index is 1.85. The first kappa shape index (κ1) is 18.6. The summed E-state index contributed by atoms with van der Waals surface area (Å²) in [5, 5.41) is 7.55. The summed E-state index contributed by atoms with van der Waals surface area (Å²) in [6.45, 7) is 6.22. The van der Waals surface area contributed by atoms with Gasteiger partial charge in [0.05, 0.1) is 11.4 Å². The van der Waals surface area contributed by atoms with Crippen molar-refractivity contribution in [2.45, 2.75) is 26.2 Å². The first-order chi connectivity index (χ1) is 12.8. The summed E-state index contributed by atoms with van der Waals surface area (Å²) >= 11 is 0. The van der Waals surface area contributed by atoms with Gasteiger partial charge in [-0.15, -0.1) is 0 Å². The molecule has 3 rings (SSSR count). The number of hydrogen-bond donors (Lipinski definition) is 1. The SMILES string of the molecule is CC(C)(C)c1cc(NC(=O)C=Cc2ccc(F)cc2)n(-c2ccccc2)n1. The fourth-order valence-corrected chi connectivity index (χ4v) is 2.52. The molecule has 1 amide bonds. The second-order valence-corrected chi connectivity index (χ2v) is 7.29. The lowest BCUT2D eigenvalue weighted by atomic mass is 9.92. The van der Waals surface area contributed by atoms with E-state index in [9.17, 15) is 9.18 Å². The molecule has 0 spiro atoms. The van der Waals surface area contributed by atoms with E-state index in [1.807, 2.05) is 36.4 Å². The lowest BCUT2D eigenvalue weighted by molar-refractivity contribution is -0.111. The maximum atomic E-state index is 13.0. The summed E-state index contributed by atoms with van der Waals surface area (Å²) in [6, 6.07) is 17.5. The van der Waals surface area contributed by atoms with Crippen molar-refractivity contribution < 1.29 is 9.18 Å². The lowest BCUT2D eigenvalue weighted by Gasteiger charge is -2.14. The molecule has 0 unspecified atom stereocenters. The van der Waals surface area contributed by atoms with Crippen LogP contribution in [0.15, 0.2) is 66.7 Å². The molecular weight excluding hydrogens is 341 g/mol. The maximum absolute atomic E-state index is 13.0. The zero-order valence-corrected chi connectivity index (χ0v) is 15.6. The molecule has 3 aromatic rings. The van der Waals surface area contributed by atoms with Gasteiger partial charge in [0.15, 0.2) is 0 Å². The van der Waals surface area contributed by atoms with E-state index < -0.39 is 0 Å². The number of carbonyl (C=O) groups is 1. The lowest BCUT2D eigenvalue weighted by Crippen LogP contribution is -2.13. The number of para-hydroxylation sites is 1. The van der Waals surface area contributed by atoms with Crippen LogP contribution in [0.1, 0.15) is 32.0 Å². The van der Waals surface area contributed by atoms with Gasteiger partial charge in [-0.2, -0.15) is 5.10 Å². The average molecular weight is 363 g/mol. The standard InChI is InChI=1S/C22H22FN3O/c1-22(2,3)19-15-20(26(25-19)18-7-5-4-6-8-18)24-21(27)14-11-16-9-12-17(23)13-10-16/h4-15H,1-3H3,(H,24,27). The number of hydrogen-bond acceptors (Lipinski definition) is 2. The second kappa shape index (κ2) is 7.58. The highest BCUT2D eigenvalue weighted by molar-refractivity contribution is 6.01. The van der Waals surface area contributed by atoms with Crippen LogP contribution in [0.4, 0.5) is 10.2 Å². The van der Waals surface area contributed by atoms with Gasteiger partial charge in [-0.05, 0) is 35.9 Å². The highest BCUT2D eigenvalue weighted by Crippen LogP contribution is 2.26. The Hall–Kier alpha value is -3.21. The smallest absolute Gasteiger partial charge is 0.249 e. The van der Waals surface area contributed by atoms with Crippen molar-refractivity contribution in [3.05, 3.63) is 83.8 Å². The molecule has 27 heavy (non-hydrogen) atoms. The van der Waals surface area contributed by atoms with Gasteiger partial charge in [0.25, 0.3) is 0 Å². The fraction of sp³-hybridized carbons (Fsp3) is 0.182. The summed E-state index contributed by atoms with van der Waals surface area (Å²) in [7, 11) is 0. The molecule has 0 aliphatic heterocycles. The van der Waals surface area contributed by atoms with Crippen LogP contribution < -0.4 is 5.32 Å². The van der Waals surface area contributed by atoms with Crippen molar-refractivity contribution >= 4 is 17.8 Å². The van der Waals surface area contributed by atoms with E-state index in [0.29, 0.717) is 5.82 Å². The van der Waals surface area contributed by atoms with Crippen LogP contribution >= 0.6 is 0 Å². The van der Waals surface area contributed by atoms with Gasteiger partial charge in [0, 0.05) is 17.6 Å². The Morgan fingerprint density at radius 1 is 1.07 bits per heavy atom. The zero-order chi connectivity index (χ0) is 19.4. The van der Waals surface area contributed by atoms with E-state index in [4.69, 9.17) is 0 Å². The Kier molecular flexibility index (Phi) is 5.21. The van der Waals surface area contributed by atoms with Crippen molar-refractivity contribution in [2.24, 2.45) is 0 Å². The predicted molar refractivity (Wildman–Crippen MR) is 106 cm³/mol. The highest BCUT2D eigenvalue weighted by Gasteiger charge is 2.21. The summed E-state index contributed by atoms with van der Waals surface area (Å²) < 4.78 is 14.7. The molecule has 2 aromatic carbocycles. The summed E-state index contributed by atoms with van der Waals surface area (Å²) in [6.07, 6.45) is 3.06. The van der Waals surface area contributed by atoms with Crippen LogP contribution in [-0.4, -0.2) is 15.7 Å². The largest absolute Gasteiger partial charge is 0.307 e. The minimum atomic E-state index is -0.307. The van der Waals surface area contributed by atoms with Crippen molar-refractivity contribution in [3.63, 3.8) is 0 Å². The first-order valence-electron chi connectivity index (χ1n) is 8.73. The van der Waals surface area contributed by atoms with Gasteiger partial charge in [-0.3, -0.25) is 4.79 Å². The minimum Gasteiger partial charge on any atom is -0.307 e. The number of rotatable bonds is 4. The zero-order valence-electron chi connectivity index (χ0n) is 15.6. The Labute approximate surface area is 158 Å². The summed E-state index contributed by atoms with van der Waals surface area (Å²) in [5.74, 6) is 0.00909. The fourth-order valence-electron chi connectivity index (χ4n) is 2.52. The number of aromatic nitrogens is 2. The number of halogens is 1.